The van der Waals surface area contributed by atoms with Crippen LogP contribution in [0.3, 0.4) is 0 Å². The molecule has 0 aliphatic carbocycles. The van der Waals surface area contributed by atoms with Crippen LogP contribution < -0.4 is 21.2 Å². The fourth-order valence-corrected chi connectivity index (χ4v) is 4.72. The molecule has 4 nitrogen and oxygen atoms in total. The van der Waals surface area contributed by atoms with Crippen molar-refractivity contribution in [2.24, 2.45) is 0 Å². The molecule has 2 aliphatic heterocycles. The van der Waals surface area contributed by atoms with Gasteiger partial charge in [0.25, 0.3) is 0 Å². The number of esters is 1. The van der Waals surface area contributed by atoms with Gasteiger partial charge < -0.3 is 0 Å². The fraction of sp³-hybridized carbons (Fsp3) is 0.571. The van der Waals surface area contributed by atoms with Crippen molar-refractivity contribution < 1.29 is 35.5 Å². The molecule has 5 heteroatoms. The number of rotatable bonds is 3. The predicted octanol–water partition coefficient (Wildman–Crippen LogP) is -1.14. The zero-order valence-electron chi connectivity index (χ0n) is 10.9. The van der Waals surface area contributed by atoms with E-state index in [0.717, 1.165) is 18.7 Å². The van der Waals surface area contributed by atoms with Crippen LogP contribution >= 0.6 is 0 Å². The summed E-state index contributed by atoms with van der Waals surface area (Å²) in [5.41, 5.74) is 4.10. The Morgan fingerprint density at radius 1 is 1.63 bits per heavy atom. The minimum atomic E-state index is -0.311. The molecule has 3 rings (SSSR count). The molecule has 104 valence electrons. The van der Waals surface area contributed by atoms with Crippen molar-refractivity contribution in [1.82, 2.24) is 4.98 Å². The van der Waals surface area contributed by atoms with Gasteiger partial charge in [-0.05, 0) is 0 Å². The topological polar surface area (TPSA) is 48.4 Å². The summed E-state index contributed by atoms with van der Waals surface area (Å²) in [6, 6.07) is 1.98. The molecule has 1 aromatic heterocycles. The number of halogens is 1. The van der Waals surface area contributed by atoms with Gasteiger partial charge in [-0.15, -0.1) is 0 Å². The number of carbonyl (C=O) groups excluding carboxylic acids is 1. The van der Waals surface area contributed by atoms with Gasteiger partial charge in [0.05, 0.1) is 0 Å². The maximum absolute atomic E-state index is 11.9. The number of aromatic nitrogens is 1. The number of pyridine rings is 1. The van der Waals surface area contributed by atoms with Crippen LogP contribution in [0.4, 0.5) is 0 Å². The Hall–Kier alpha value is -0.690. The molecule has 0 spiro atoms. The molecule has 3 heterocycles. The molecule has 0 N–H and O–H groups in total. The van der Waals surface area contributed by atoms with Crippen LogP contribution in [0.1, 0.15) is 44.6 Å². The SMILES string of the molecule is CCOC(=O)c1cc(C2CC[I-]2)c2c(n1)COCC2. The van der Waals surface area contributed by atoms with Crippen LogP contribution in [0.15, 0.2) is 6.07 Å². The summed E-state index contributed by atoms with van der Waals surface area (Å²) >= 11 is 0.268. The van der Waals surface area contributed by atoms with Gasteiger partial charge in [0.1, 0.15) is 0 Å². The molecule has 0 amide bonds. The predicted molar refractivity (Wildman–Crippen MR) is 65.8 cm³/mol. The molecule has 1 atom stereocenters. The molecule has 1 aromatic rings. The molecule has 0 aromatic carbocycles. The van der Waals surface area contributed by atoms with E-state index in [1.807, 2.05) is 13.0 Å². The Labute approximate surface area is 123 Å². The van der Waals surface area contributed by atoms with Crippen molar-refractivity contribution in [1.29, 1.82) is 0 Å². The van der Waals surface area contributed by atoms with Gasteiger partial charge in [0.2, 0.25) is 0 Å². The summed E-state index contributed by atoms with van der Waals surface area (Å²) in [4.78, 5) is 16.3. The van der Waals surface area contributed by atoms with Crippen molar-refractivity contribution >= 4 is 5.97 Å². The minimum absolute atomic E-state index is 0.268. The van der Waals surface area contributed by atoms with Gasteiger partial charge in [-0.3, -0.25) is 0 Å². The van der Waals surface area contributed by atoms with Crippen LogP contribution in [-0.4, -0.2) is 28.6 Å². The van der Waals surface area contributed by atoms with Crippen molar-refractivity contribution in [3.8, 4) is 0 Å². The average molecular weight is 374 g/mol. The van der Waals surface area contributed by atoms with E-state index in [1.54, 1.807) is 0 Å². The number of nitrogens with zero attached hydrogens (tertiary/aromatic N) is 1. The van der Waals surface area contributed by atoms with Gasteiger partial charge in [-0.2, -0.15) is 0 Å². The van der Waals surface area contributed by atoms with Crippen LogP contribution in [0.2, 0.25) is 0 Å². The van der Waals surface area contributed by atoms with Crippen LogP contribution in [0, 0.1) is 0 Å². The summed E-state index contributed by atoms with van der Waals surface area (Å²) in [6.07, 6.45) is 2.20. The van der Waals surface area contributed by atoms with E-state index in [4.69, 9.17) is 9.47 Å². The van der Waals surface area contributed by atoms with Crippen molar-refractivity contribution in [2.75, 3.05) is 17.6 Å². The standard InChI is InChI=1S/C14H17INO3/c1-2-19-14(17)12-7-10(11-3-5-15-11)9-4-6-18-8-13(9)16-12/h7,11H,2-6,8H2,1H3/q-1. The average Bonchev–Trinajstić information content (AvgIpc) is 2.37. The molecular weight excluding hydrogens is 357 g/mol. The zero-order chi connectivity index (χ0) is 13.2. The number of hydrogen-bond acceptors (Lipinski definition) is 4. The summed E-state index contributed by atoms with van der Waals surface area (Å²) in [5, 5.41) is 0. The molecule has 1 fully saturated rings. The van der Waals surface area contributed by atoms with Crippen molar-refractivity contribution in [3.05, 3.63) is 28.6 Å². The molecule has 0 bridgehead atoms. The second kappa shape index (κ2) is 5.75. The van der Waals surface area contributed by atoms with Gasteiger partial charge in [0, 0.05) is 0 Å². The van der Waals surface area contributed by atoms with E-state index in [-0.39, 0.29) is 27.2 Å². The van der Waals surface area contributed by atoms with E-state index in [1.165, 1.54) is 22.0 Å². The van der Waals surface area contributed by atoms with Gasteiger partial charge in [-0.1, -0.05) is 0 Å². The Balaban J connectivity index is 2.00. The van der Waals surface area contributed by atoms with E-state index in [0.29, 0.717) is 22.8 Å². The number of fused-ring (bicyclic) bond motifs is 1. The van der Waals surface area contributed by atoms with E-state index < -0.39 is 0 Å². The van der Waals surface area contributed by atoms with Gasteiger partial charge in [-0.25, -0.2) is 0 Å². The van der Waals surface area contributed by atoms with Crippen LogP contribution in [-0.2, 0) is 22.5 Å². The first-order valence-electron chi connectivity index (χ1n) is 6.65. The third-order valence-electron chi connectivity index (χ3n) is 3.46. The Bertz CT molecular complexity index is 500. The Morgan fingerprint density at radius 2 is 2.47 bits per heavy atom. The third kappa shape index (κ3) is 2.63. The van der Waals surface area contributed by atoms with Gasteiger partial charge >= 0.3 is 123 Å². The number of hydrogen-bond donors (Lipinski definition) is 0. The van der Waals surface area contributed by atoms with E-state index in [2.05, 4.69) is 4.98 Å². The number of ether oxygens (including phenoxy) is 2. The van der Waals surface area contributed by atoms with E-state index in [9.17, 15) is 4.79 Å². The first kappa shape index (κ1) is 13.3. The van der Waals surface area contributed by atoms with Crippen molar-refractivity contribution in [2.45, 2.75) is 30.3 Å². The summed E-state index contributed by atoms with van der Waals surface area (Å²) in [7, 11) is 0. The molecule has 2 aliphatic rings. The molecule has 0 radical (unpaired) electrons. The Morgan fingerprint density at radius 3 is 3.16 bits per heavy atom. The van der Waals surface area contributed by atoms with Gasteiger partial charge in [0.15, 0.2) is 0 Å². The monoisotopic (exact) mass is 374 g/mol. The van der Waals surface area contributed by atoms with Crippen LogP contribution in [0.25, 0.3) is 0 Å². The van der Waals surface area contributed by atoms with E-state index >= 15 is 0 Å². The summed E-state index contributed by atoms with van der Waals surface area (Å²) in [6.45, 7) is 3.50. The first-order valence-corrected chi connectivity index (χ1v) is 9.42. The third-order valence-corrected chi connectivity index (χ3v) is 7.06. The molecule has 1 unspecified atom stereocenters. The summed E-state index contributed by atoms with van der Waals surface area (Å²) < 4.78 is 12.6. The second-order valence-corrected chi connectivity index (χ2v) is 8.11. The normalized spacial score (nSPS) is 21.8. The number of carbonyl (C=O) groups is 1. The number of alkyl halides is 2. The fourth-order valence-electron chi connectivity index (χ4n) is 2.44. The molecule has 0 saturated carbocycles. The first-order chi connectivity index (χ1) is 9.29. The summed E-state index contributed by atoms with van der Waals surface area (Å²) in [5.74, 6) is -0.311. The molecule has 19 heavy (non-hydrogen) atoms. The van der Waals surface area contributed by atoms with Crippen molar-refractivity contribution in [3.63, 3.8) is 0 Å². The quantitative estimate of drug-likeness (QED) is 0.382. The van der Waals surface area contributed by atoms with Crippen LogP contribution in [0.5, 0.6) is 0 Å². The Kier molecular flexibility index (Phi) is 4.02. The second-order valence-electron chi connectivity index (χ2n) is 4.64. The zero-order valence-corrected chi connectivity index (χ0v) is 13.1. The molecule has 1 saturated heterocycles. The maximum atomic E-state index is 11.9. The molecular formula is C14H17INO3-.